The Hall–Kier alpha value is -1.57. The lowest BCUT2D eigenvalue weighted by Gasteiger charge is -2.04. The van der Waals surface area contributed by atoms with Gasteiger partial charge in [-0.15, -0.1) is 0 Å². The molecule has 74 valence electrons. The van der Waals surface area contributed by atoms with Crippen LogP contribution >= 0.6 is 0 Å². The third-order valence-electron chi connectivity index (χ3n) is 2.14. The molecule has 0 radical (unpaired) electrons. The number of carbonyl (C=O) groups is 1. The van der Waals surface area contributed by atoms with E-state index in [1.807, 2.05) is 19.9 Å². The molecule has 1 rings (SSSR count). The van der Waals surface area contributed by atoms with Crippen molar-refractivity contribution in [2.45, 2.75) is 20.8 Å². The van der Waals surface area contributed by atoms with Crippen LogP contribution in [0.25, 0.3) is 6.08 Å². The minimum Gasteiger partial charge on any atom is -0.507 e. The highest BCUT2D eigenvalue weighted by Crippen LogP contribution is 2.22. The van der Waals surface area contributed by atoms with Gasteiger partial charge in [0.1, 0.15) is 5.75 Å². The molecule has 0 spiro atoms. The number of aromatic hydroxyl groups is 1. The molecular formula is C12H14O2. The van der Waals surface area contributed by atoms with Crippen molar-refractivity contribution in [2.24, 2.45) is 0 Å². The van der Waals surface area contributed by atoms with Gasteiger partial charge in [-0.05, 0) is 56.2 Å². The summed E-state index contributed by atoms with van der Waals surface area (Å²) in [6, 6.07) is 3.57. The van der Waals surface area contributed by atoms with Crippen LogP contribution in [0.1, 0.15) is 23.6 Å². The highest BCUT2D eigenvalue weighted by atomic mass is 16.3. The maximum Gasteiger partial charge on any atom is 0.152 e. The largest absolute Gasteiger partial charge is 0.507 e. The molecule has 0 bridgehead atoms. The quantitative estimate of drug-likeness (QED) is 0.728. The molecule has 0 fully saturated rings. The lowest BCUT2D eigenvalue weighted by atomic mass is 10.0. The predicted molar refractivity (Wildman–Crippen MR) is 57.3 cm³/mol. The minimum absolute atomic E-state index is 0.0253. The summed E-state index contributed by atoms with van der Waals surface area (Å²) in [7, 11) is 0. The Morgan fingerprint density at radius 1 is 1.29 bits per heavy atom. The zero-order valence-electron chi connectivity index (χ0n) is 8.66. The second-order valence-electron chi connectivity index (χ2n) is 3.44. The van der Waals surface area contributed by atoms with E-state index in [0.29, 0.717) is 5.56 Å². The summed E-state index contributed by atoms with van der Waals surface area (Å²) in [5, 5.41) is 9.57. The standard InChI is InChI=1S/C12H14O2/c1-8-6-11(5-4-10(3)13)12(14)7-9(8)2/h4-7,14H,1-3H3. The Labute approximate surface area is 83.9 Å². The van der Waals surface area contributed by atoms with Gasteiger partial charge in [0, 0.05) is 5.56 Å². The number of hydrogen-bond donors (Lipinski definition) is 1. The summed E-state index contributed by atoms with van der Waals surface area (Å²) < 4.78 is 0. The van der Waals surface area contributed by atoms with Crippen molar-refractivity contribution >= 4 is 11.9 Å². The summed E-state index contributed by atoms with van der Waals surface area (Å²) >= 11 is 0. The molecule has 1 N–H and O–H groups in total. The molecule has 0 amide bonds. The van der Waals surface area contributed by atoms with E-state index in [-0.39, 0.29) is 11.5 Å². The molecule has 0 aromatic heterocycles. The molecule has 1 aromatic carbocycles. The van der Waals surface area contributed by atoms with Crippen molar-refractivity contribution in [1.82, 2.24) is 0 Å². The third kappa shape index (κ3) is 2.46. The molecular weight excluding hydrogens is 176 g/mol. The van der Waals surface area contributed by atoms with Crippen LogP contribution in [-0.2, 0) is 4.79 Å². The van der Waals surface area contributed by atoms with Gasteiger partial charge in [0.15, 0.2) is 5.78 Å². The maximum absolute atomic E-state index is 10.7. The topological polar surface area (TPSA) is 37.3 Å². The number of hydrogen-bond acceptors (Lipinski definition) is 2. The Bertz CT molecular complexity index is 390. The second kappa shape index (κ2) is 4.09. The average Bonchev–Trinajstić information content (AvgIpc) is 2.09. The first-order chi connectivity index (χ1) is 6.50. The normalized spacial score (nSPS) is 10.8. The van der Waals surface area contributed by atoms with Gasteiger partial charge < -0.3 is 5.11 Å². The first kappa shape index (κ1) is 10.5. The lowest BCUT2D eigenvalue weighted by molar-refractivity contribution is -0.112. The zero-order valence-corrected chi connectivity index (χ0v) is 8.66. The van der Waals surface area contributed by atoms with E-state index in [9.17, 15) is 9.90 Å². The fraction of sp³-hybridized carbons (Fsp3) is 0.250. The second-order valence-corrected chi connectivity index (χ2v) is 3.44. The molecule has 1 aromatic rings. The van der Waals surface area contributed by atoms with Crippen LogP contribution in [0.2, 0.25) is 0 Å². The number of benzene rings is 1. The molecule has 14 heavy (non-hydrogen) atoms. The van der Waals surface area contributed by atoms with E-state index in [0.717, 1.165) is 11.1 Å². The first-order valence-corrected chi connectivity index (χ1v) is 4.49. The number of rotatable bonds is 2. The van der Waals surface area contributed by atoms with Gasteiger partial charge in [0.25, 0.3) is 0 Å². The summed E-state index contributed by atoms with van der Waals surface area (Å²) in [4.78, 5) is 10.7. The molecule has 0 aliphatic rings. The van der Waals surface area contributed by atoms with E-state index in [4.69, 9.17) is 0 Å². The summed E-state index contributed by atoms with van der Waals surface area (Å²) in [5.41, 5.74) is 2.83. The Morgan fingerprint density at radius 3 is 2.43 bits per heavy atom. The fourth-order valence-electron chi connectivity index (χ4n) is 1.16. The SMILES string of the molecule is CC(=O)C=Cc1cc(C)c(C)cc1O. The molecule has 2 nitrogen and oxygen atoms in total. The van der Waals surface area contributed by atoms with Crippen molar-refractivity contribution in [3.05, 3.63) is 34.9 Å². The maximum atomic E-state index is 10.7. The smallest absolute Gasteiger partial charge is 0.152 e. The van der Waals surface area contributed by atoms with Gasteiger partial charge in [-0.25, -0.2) is 0 Å². The molecule has 0 atom stereocenters. The van der Waals surface area contributed by atoms with Gasteiger partial charge in [0.05, 0.1) is 0 Å². The summed E-state index contributed by atoms with van der Waals surface area (Å²) in [6.45, 7) is 5.39. The van der Waals surface area contributed by atoms with Crippen molar-refractivity contribution in [3.63, 3.8) is 0 Å². The van der Waals surface area contributed by atoms with Gasteiger partial charge >= 0.3 is 0 Å². The third-order valence-corrected chi connectivity index (χ3v) is 2.14. The predicted octanol–water partition coefficient (Wildman–Crippen LogP) is 2.61. The number of allylic oxidation sites excluding steroid dienone is 1. The molecule has 0 heterocycles. The average molecular weight is 190 g/mol. The number of carbonyl (C=O) groups excluding carboxylic acids is 1. The van der Waals surface area contributed by atoms with E-state index < -0.39 is 0 Å². The van der Waals surface area contributed by atoms with Crippen LogP contribution < -0.4 is 0 Å². The van der Waals surface area contributed by atoms with E-state index in [1.165, 1.54) is 13.0 Å². The highest BCUT2D eigenvalue weighted by molar-refractivity contribution is 5.91. The monoisotopic (exact) mass is 190 g/mol. The number of phenols is 1. The molecule has 0 aliphatic heterocycles. The Kier molecular flexibility index (Phi) is 3.07. The first-order valence-electron chi connectivity index (χ1n) is 4.49. The van der Waals surface area contributed by atoms with Crippen LogP contribution in [-0.4, -0.2) is 10.9 Å². The number of ketones is 1. The summed E-state index contributed by atoms with van der Waals surface area (Å²) in [5.74, 6) is 0.188. The van der Waals surface area contributed by atoms with Gasteiger partial charge in [0.2, 0.25) is 0 Å². The van der Waals surface area contributed by atoms with E-state index in [1.54, 1.807) is 12.1 Å². The summed E-state index contributed by atoms with van der Waals surface area (Å²) in [6.07, 6.45) is 3.08. The van der Waals surface area contributed by atoms with Crippen LogP contribution in [0.5, 0.6) is 5.75 Å². The Morgan fingerprint density at radius 2 is 1.86 bits per heavy atom. The molecule has 2 heteroatoms. The number of aryl methyl sites for hydroxylation is 2. The molecule has 0 aliphatic carbocycles. The van der Waals surface area contributed by atoms with Crippen molar-refractivity contribution < 1.29 is 9.90 Å². The van der Waals surface area contributed by atoms with E-state index >= 15 is 0 Å². The van der Waals surface area contributed by atoms with Crippen molar-refractivity contribution in [3.8, 4) is 5.75 Å². The number of phenolic OH excluding ortho intramolecular Hbond substituents is 1. The van der Waals surface area contributed by atoms with Crippen LogP contribution in [0.15, 0.2) is 18.2 Å². The van der Waals surface area contributed by atoms with Crippen molar-refractivity contribution in [1.29, 1.82) is 0 Å². The zero-order chi connectivity index (χ0) is 10.7. The fourth-order valence-corrected chi connectivity index (χ4v) is 1.16. The lowest BCUT2D eigenvalue weighted by Crippen LogP contribution is -1.85. The van der Waals surface area contributed by atoms with Gasteiger partial charge in [-0.1, -0.05) is 0 Å². The molecule has 0 saturated heterocycles. The van der Waals surface area contributed by atoms with Crippen LogP contribution in [0.3, 0.4) is 0 Å². The van der Waals surface area contributed by atoms with Crippen LogP contribution in [0.4, 0.5) is 0 Å². The van der Waals surface area contributed by atoms with Gasteiger partial charge in [-0.3, -0.25) is 4.79 Å². The van der Waals surface area contributed by atoms with Gasteiger partial charge in [-0.2, -0.15) is 0 Å². The minimum atomic E-state index is -0.0253. The van der Waals surface area contributed by atoms with Crippen molar-refractivity contribution in [2.75, 3.05) is 0 Å². The Balaban J connectivity index is 3.10. The van der Waals surface area contributed by atoms with Crippen LogP contribution in [0, 0.1) is 13.8 Å². The molecule has 0 unspecified atom stereocenters. The molecule has 0 saturated carbocycles. The highest BCUT2D eigenvalue weighted by Gasteiger charge is 2.00. The van der Waals surface area contributed by atoms with E-state index in [2.05, 4.69) is 0 Å².